The molecular formula is C22H27N3O4. The summed E-state index contributed by atoms with van der Waals surface area (Å²) in [5.41, 5.74) is 0.905. The fraction of sp³-hybridized carbons (Fsp3) is 0.455. The van der Waals surface area contributed by atoms with Crippen molar-refractivity contribution in [2.24, 2.45) is 11.8 Å². The van der Waals surface area contributed by atoms with E-state index in [0.29, 0.717) is 12.8 Å². The number of likely N-dealkylation sites (tertiary alicyclic amines) is 1. The zero-order chi connectivity index (χ0) is 21.0. The monoisotopic (exact) mass is 397 g/mol. The molecule has 2 aliphatic rings. The smallest absolute Gasteiger partial charge is 0.242 e. The van der Waals surface area contributed by atoms with Crippen LogP contribution in [0.15, 0.2) is 42.5 Å². The second-order valence-electron chi connectivity index (χ2n) is 7.53. The molecule has 29 heavy (non-hydrogen) atoms. The largest absolute Gasteiger partial charge is 0.357 e. The highest BCUT2D eigenvalue weighted by Gasteiger charge is 2.47. The van der Waals surface area contributed by atoms with Crippen molar-refractivity contribution in [2.45, 2.75) is 38.8 Å². The molecule has 1 fully saturated rings. The van der Waals surface area contributed by atoms with Gasteiger partial charge in [0.05, 0.1) is 11.8 Å². The van der Waals surface area contributed by atoms with E-state index in [4.69, 9.17) is 0 Å². The number of carbonyl (C=O) groups excluding carboxylic acids is 4. The molecule has 0 saturated carbocycles. The quantitative estimate of drug-likeness (QED) is 0.558. The van der Waals surface area contributed by atoms with E-state index in [9.17, 15) is 19.2 Å². The maximum atomic E-state index is 13.0. The summed E-state index contributed by atoms with van der Waals surface area (Å²) < 4.78 is 0. The molecule has 0 spiro atoms. The summed E-state index contributed by atoms with van der Waals surface area (Å²) in [5.74, 6) is -1.50. The highest BCUT2D eigenvalue weighted by Crippen LogP contribution is 2.35. The average Bonchev–Trinajstić information content (AvgIpc) is 3.00. The minimum Gasteiger partial charge on any atom is -0.357 e. The number of hydrogen-bond acceptors (Lipinski definition) is 4. The van der Waals surface area contributed by atoms with Gasteiger partial charge in [-0.2, -0.15) is 0 Å². The van der Waals surface area contributed by atoms with Crippen LogP contribution in [0.4, 0.5) is 0 Å². The number of nitrogens with zero attached hydrogens (tertiary/aromatic N) is 2. The molecule has 1 heterocycles. The lowest BCUT2D eigenvalue weighted by molar-refractivity contribution is -0.143. The Morgan fingerprint density at radius 2 is 1.69 bits per heavy atom. The molecule has 0 aromatic heterocycles. The van der Waals surface area contributed by atoms with E-state index in [1.165, 1.54) is 16.8 Å². The highest BCUT2D eigenvalue weighted by molar-refractivity contribution is 6.05. The van der Waals surface area contributed by atoms with Gasteiger partial charge in [0, 0.05) is 26.6 Å². The van der Waals surface area contributed by atoms with Gasteiger partial charge in [0.15, 0.2) is 0 Å². The molecule has 154 valence electrons. The minimum atomic E-state index is -0.663. The lowest BCUT2D eigenvalue weighted by Gasteiger charge is -2.29. The Kier molecular flexibility index (Phi) is 6.46. The molecule has 1 aromatic carbocycles. The number of imide groups is 1. The third-order valence-electron chi connectivity index (χ3n) is 5.76. The summed E-state index contributed by atoms with van der Waals surface area (Å²) in [4.78, 5) is 53.0. The number of hydrogen-bond donors (Lipinski definition) is 1. The van der Waals surface area contributed by atoms with E-state index >= 15 is 0 Å². The number of allylic oxidation sites excluding steroid dienone is 2. The van der Waals surface area contributed by atoms with Crippen molar-refractivity contribution in [3.63, 3.8) is 0 Å². The van der Waals surface area contributed by atoms with Crippen LogP contribution in [0, 0.1) is 11.8 Å². The van der Waals surface area contributed by atoms with E-state index < -0.39 is 6.04 Å². The standard InChI is InChI=1S/C22H27N3O4/c1-15(20(27)23-2)25(14-16-8-4-3-5-9-16)19(26)12-13-24-21(28)17-10-6-7-11-18(17)22(24)29/h3-9,15,17-18H,10-14H2,1-2H3,(H,23,27)/t15-,17-,18+/m1/s1. The lowest BCUT2D eigenvalue weighted by atomic mass is 9.85. The van der Waals surface area contributed by atoms with E-state index in [1.807, 2.05) is 42.5 Å². The van der Waals surface area contributed by atoms with Gasteiger partial charge < -0.3 is 10.2 Å². The number of rotatable bonds is 7. The first-order valence-electron chi connectivity index (χ1n) is 9.99. The van der Waals surface area contributed by atoms with Crippen LogP contribution in [0.25, 0.3) is 0 Å². The zero-order valence-electron chi connectivity index (χ0n) is 16.8. The zero-order valence-corrected chi connectivity index (χ0v) is 16.8. The van der Waals surface area contributed by atoms with Crippen molar-refractivity contribution in [2.75, 3.05) is 13.6 Å². The molecule has 0 bridgehead atoms. The molecule has 1 aliphatic heterocycles. The summed E-state index contributed by atoms with van der Waals surface area (Å²) in [6, 6.07) is 8.75. The molecule has 0 unspecified atom stereocenters. The van der Waals surface area contributed by atoms with E-state index in [2.05, 4.69) is 5.32 Å². The van der Waals surface area contributed by atoms with Crippen molar-refractivity contribution in [3.8, 4) is 0 Å². The van der Waals surface area contributed by atoms with Crippen molar-refractivity contribution in [1.82, 2.24) is 15.1 Å². The van der Waals surface area contributed by atoms with Crippen LogP contribution in [-0.2, 0) is 25.7 Å². The van der Waals surface area contributed by atoms with Crippen LogP contribution in [0.1, 0.15) is 31.7 Å². The minimum absolute atomic E-state index is 0.00147. The molecule has 3 atom stereocenters. The van der Waals surface area contributed by atoms with E-state index in [0.717, 1.165) is 5.56 Å². The molecule has 0 radical (unpaired) electrons. The van der Waals surface area contributed by atoms with Crippen LogP contribution >= 0.6 is 0 Å². The van der Waals surface area contributed by atoms with Crippen LogP contribution in [0.5, 0.6) is 0 Å². The van der Waals surface area contributed by atoms with Gasteiger partial charge in [-0.1, -0.05) is 42.5 Å². The topological polar surface area (TPSA) is 86.8 Å². The number of carbonyl (C=O) groups is 4. The highest BCUT2D eigenvalue weighted by atomic mass is 16.2. The van der Waals surface area contributed by atoms with Gasteiger partial charge in [0.25, 0.3) is 0 Å². The average molecular weight is 397 g/mol. The Morgan fingerprint density at radius 1 is 1.10 bits per heavy atom. The van der Waals surface area contributed by atoms with Gasteiger partial charge in [-0.25, -0.2) is 0 Å². The van der Waals surface area contributed by atoms with Gasteiger partial charge in [-0.3, -0.25) is 24.1 Å². The molecule has 7 heteroatoms. The first-order chi connectivity index (χ1) is 13.9. The number of benzene rings is 1. The van der Waals surface area contributed by atoms with Crippen LogP contribution in [0.3, 0.4) is 0 Å². The maximum absolute atomic E-state index is 13.0. The van der Waals surface area contributed by atoms with Crippen molar-refractivity contribution in [3.05, 3.63) is 48.0 Å². The SMILES string of the molecule is CNC(=O)[C@@H](C)N(Cc1ccccc1)C(=O)CCN1C(=O)[C@H]2CC=CC[C@H]2C1=O. The first-order valence-corrected chi connectivity index (χ1v) is 9.99. The summed E-state index contributed by atoms with van der Waals surface area (Å²) in [6.45, 7) is 2.01. The van der Waals surface area contributed by atoms with Gasteiger partial charge in [0.1, 0.15) is 6.04 Å². The fourth-order valence-corrected chi connectivity index (χ4v) is 4.01. The predicted octanol–water partition coefficient (Wildman–Crippen LogP) is 1.49. The third-order valence-corrected chi connectivity index (χ3v) is 5.76. The van der Waals surface area contributed by atoms with Crippen LogP contribution < -0.4 is 5.32 Å². The molecular weight excluding hydrogens is 370 g/mol. The first kappa shape index (κ1) is 20.8. The molecule has 1 aromatic rings. The molecule has 1 aliphatic carbocycles. The number of amides is 4. The van der Waals surface area contributed by atoms with Crippen molar-refractivity contribution >= 4 is 23.6 Å². The van der Waals surface area contributed by atoms with Crippen molar-refractivity contribution < 1.29 is 19.2 Å². The van der Waals surface area contributed by atoms with Crippen LogP contribution in [-0.4, -0.2) is 53.1 Å². The van der Waals surface area contributed by atoms with Crippen molar-refractivity contribution in [1.29, 1.82) is 0 Å². The summed E-state index contributed by atoms with van der Waals surface area (Å²) in [7, 11) is 1.53. The third kappa shape index (κ3) is 4.39. The van der Waals surface area contributed by atoms with Gasteiger partial charge >= 0.3 is 0 Å². The van der Waals surface area contributed by atoms with Crippen LogP contribution in [0.2, 0.25) is 0 Å². The molecule has 4 amide bonds. The van der Waals surface area contributed by atoms with Gasteiger partial charge in [0.2, 0.25) is 23.6 Å². The number of nitrogens with one attached hydrogen (secondary N) is 1. The Morgan fingerprint density at radius 3 is 2.24 bits per heavy atom. The predicted molar refractivity (Wildman–Crippen MR) is 107 cm³/mol. The molecule has 3 rings (SSSR count). The Hall–Kier alpha value is -2.96. The summed E-state index contributed by atoms with van der Waals surface area (Å²) in [5, 5.41) is 2.57. The molecule has 1 saturated heterocycles. The molecule has 7 nitrogen and oxygen atoms in total. The maximum Gasteiger partial charge on any atom is 0.242 e. The lowest BCUT2D eigenvalue weighted by Crippen LogP contribution is -2.47. The fourth-order valence-electron chi connectivity index (χ4n) is 4.01. The summed E-state index contributed by atoms with van der Waals surface area (Å²) in [6.07, 6.45) is 5.03. The molecule has 1 N–H and O–H groups in total. The Labute approximate surface area is 170 Å². The summed E-state index contributed by atoms with van der Waals surface area (Å²) >= 11 is 0. The van der Waals surface area contributed by atoms with E-state index in [-0.39, 0.29) is 55.0 Å². The van der Waals surface area contributed by atoms with E-state index in [1.54, 1.807) is 6.92 Å². The second-order valence-corrected chi connectivity index (χ2v) is 7.53. The normalized spacial score (nSPS) is 21.7. The second kappa shape index (κ2) is 9.03. The number of likely N-dealkylation sites (N-methyl/N-ethyl adjacent to an activating group) is 1. The Bertz CT molecular complexity index is 795. The Balaban J connectivity index is 1.68. The van der Waals surface area contributed by atoms with Gasteiger partial charge in [-0.15, -0.1) is 0 Å². The number of fused-ring (bicyclic) bond motifs is 1. The van der Waals surface area contributed by atoms with Gasteiger partial charge in [-0.05, 0) is 25.3 Å².